The van der Waals surface area contributed by atoms with Gasteiger partial charge in [0.25, 0.3) is 0 Å². The Morgan fingerprint density at radius 1 is 1.28 bits per heavy atom. The van der Waals surface area contributed by atoms with Crippen LogP contribution in [-0.4, -0.2) is 6.54 Å². The molecule has 0 spiro atoms. The summed E-state index contributed by atoms with van der Waals surface area (Å²) in [6.45, 7) is 5.34. The monoisotopic (exact) mass is 245 g/mol. The summed E-state index contributed by atoms with van der Waals surface area (Å²) in [5, 5.41) is 0. The second-order valence-corrected chi connectivity index (χ2v) is 6.22. The van der Waals surface area contributed by atoms with Crippen molar-refractivity contribution in [1.29, 1.82) is 0 Å². The van der Waals surface area contributed by atoms with Crippen LogP contribution in [0.25, 0.3) is 0 Å². The van der Waals surface area contributed by atoms with Crippen LogP contribution in [0.15, 0.2) is 24.3 Å². The SMILES string of the molecule is CCC1CCC(CN)(Cc2cccc(C)c2)CC1. The summed E-state index contributed by atoms with van der Waals surface area (Å²) < 4.78 is 0. The minimum absolute atomic E-state index is 0.374. The normalized spacial score (nSPS) is 28.3. The van der Waals surface area contributed by atoms with E-state index in [-0.39, 0.29) is 0 Å². The highest BCUT2D eigenvalue weighted by Crippen LogP contribution is 2.41. The Morgan fingerprint density at radius 3 is 2.56 bits per heavy atom. The quantitative estimate of drug-likeness (QED) is 0.849. The summed E-state index contributed by atoms with van der Waals surface area (Å²) in [4.78, 5) is 0. The van der Waals surface area contributed by atoms with E-state index in [1.165, 1.54) is 49.7 Å². The number of benzene rings is 1. The number of nitrogens with two attached hydrogens (primary N) is 1. The number of hydrogen-bond acceptors (Lipinski definition) is 1. The maximum absolute atomic E-state index is 6.11. The summed E-state index contributed by atoms with van der Waals surface area (Å²) in [6, 6.07) is 8.93. The first kappa shape index (κ1) is 13.6. The summed E-state index contributed by atoms with van der Waals surface area (Å²) >= 11 is 0. The molecule has 100 valence electrons. The van der Waals surface area contributed by atoms with Crippen LogP contribution in [0.1, 0.15) is 50.2 Å². The van der Waals surface area contributed by atoms with Gasteiger partial charge in [0.05, 0.1) is 0 Å². The lowest BCUT2D eigenvalue weighted by Gasteiger charge is -2.39. The number of hydrogen-bond donors (Lipinski definition) is 1. The fourth-order valence-electron chi connectivity index (χ4n) is 3.41. The number of aryl methyl sites for hydroxylation is 1. The molecule has 2 rings (SSSR count). The van der Waals surface area contributed by atoms with Crippen molar-refractivity contribution in [3.8, 4) is 0 Å². The van der Waals surface area contributed by atoms with Crippen molar-refractivity contribution >= 4 is 0 Å². The first-order valence-corrected chi connectivity index (χ1v) is 7.43. The van der Waals surface area contributed by atoms with Crippen molar-refractivity contribution < 1.29 is 0 Å². The molecule has 18 heavy (non-hydrogen) atoms. The largest absolute Gasteiger partial charge is 0.330 e. The molecule has 1 aromatic rings. The average Bonchev–Trinajstić information content (AvgIpc) is 2.39. The van der Waals surface area contributed by atoms with E-state index in [9.17, 15) is 0 Å². The molecule has 0 heterocycles. The van der Waals surface area contributed by atoms with Gasteiger partial charge < -0.3 is 5.73 Å². The van der Waals surface area contributed by atoms with Crippen molar-refractivity contribution in [3.63, 3.8) is 0 Å². The molecule has 0 unspecified atom stereocenters. The minimum atomic E-state index is 0.374. The lowest BCUT2D eigenvalue weighted by Crippen LogP contribution is -2.36. The summed E-state index contributed by atoms with van der Waals surface area (Å²) in [5.41, 5.74) is 9.32. The second-order valence-electron chi connectivity index (χ2n) is 6.22. The maximum Gasteiger partial charge on any atom is -0.00173 e. The van der Waals surface area contributed by atoms with Crippen LogP contribution in [0.3, 0.4) is 0 Å². The molecule has 0 saturated heterocycles. The van der Waals surface area contributed by atoms with E-state index in [1.807, 2.05) is 0 Å². The topological polar surface area (TPSA) is 26.0 Å². The predicted octanol–water partition coefficient (Wildman–Crippen LogP) is 4.08. The maximum atomic E-state index is 6.11. The molecule has 1 aliphatic carbocycles. The molecular formula is C17H27N. The first-order valence-electron chi connectivity index (χ1n) is 7.43. The molecule has 2 N–H and O–H groups in total. The Hall–Kier alpha value is -0.820. The Labute approximate surface area is 112 Å². The molecule has 0 amide bonds. The van der Waals surface area contributed by atoms with E-state index < -0.39 is 0 Å². The highest BCUT2D eigenvalue weighted by molar-refractivity contribution is 5.23. The molecular weight excluding hydrogens is 218 g/mol. The van der Waals surface area contributed by atoms with Crippen LogP contribution >= 0.6 is 0 Å². The summed E-state index contributed by atoms with van der Waals surface area (Å²) in [5.74, 6) is 0.946. The van der Waals surface area contributed by atoms with Crippen LogP contribution in [0.2, 0.25) is 0 Å². The minimum Gasteiger partial charge on any atom is -0.330 e. The van der Waals surface area contributed by atoms with E-state index in [4.69, 9.17) is 5.73 Å². The fraction of sp³-hybridized carbons (Fsp3) is 0.647. The van der Waals surface area contributed by atoms with Crippen molar-refractivity contribution in [2.75, 3.05) is 6.54 Å². The molecule has 1 nitrogen and oxygen atoms in total. The molecule has 0 aromatic heterocycles. The van der Waals surface area contributed by atoms with Crippen LogP contribution in [0.5, 0.6) is 0 Å². The van der Waals surface area contributed by atoms with Gasteiger partial charge >= 0.3 is 0 Å². The van der Waals surface area contributed by atoms with E-state index in [0.717, 1.165) is 12.5 Å². The average molecular weight is 245 g/mol. The van der Waals surface area contributed by atoms with Crippen LogP contribution in [-0.2, 0) is 6.42 Å². The predicted molar refractivity (Wildman–Crippen MR) is 78.6 cm³/mol. The molecule has 0 bridgehead atoms. The molecule has 1 saturated carbocycles. The van der Waals surface area contributed by atoms with E-state index in [2.05, 4.69) is 38.1 Å². The van der Waals surface area contributed by atoms with Gasteiger partial charge in [0.2, 0.25) is 0 Å². The van der Waals surface area contributed by atoms with Crippen LogP contribution < -0.4 is 5.73 Å². The van der Waals surface area contributed by atoms with E-state index >= 15 is 0 Å². The van der Waals surface area contributed by atoms with E-state index in [0.29, 0.717) is 5.41 Å². The van der Waals surface area contributed by atoms with Gasteiger partial charge in [-0.25, -0.2) is 0 Å². The van der Waals surface area contributed by atoms with Gasteiger partial charge in [-0.1, -0.05) is 43.2 Å². The standard InChI is InChI=1S/C17H27N/c1-3-15-7-9-17(13-18,10-8-15)12-16-6-4-5-14(2)11-16/h4-6,11,15H,3,7-10,12-13,18H2,1-2H3. The van der Waals surface area contributed by atoms with Crippen molar-refractivity contribution in [1.82, 2.24) is 0 Å². The highest BCUT2D eigenvalue weighted by Gasteiger charge is 2.33. The van der Waals surface area contributed by atoms with Crippen molar-refractivity contribution in [2.24, 2.45) is 17.1 Å². The Morgan fingerprint density at radius 2 is 2.00 bits per heavy atom. The molecule has 1 aliphatic rings. The van der Waals surface area contributed by atoms with Crippen LogP contribution in [0, 0.1) is 18.3 Å². The Bertz CT molecular complexity index is 375. The number of rotatable bonds is 4. The summed E-state index contributed by atoms with van der Waals surface area (Å²) in [7, 11) is 0. The van der Waals surface area contributed by atoms with Crippen molar-refractivity contribution in [2.45, 2.75) is 52.4 Å². The first-order chi connectivity index (χ1) is 8.67. The van der Waals surface area contributed by atoms with Crippen LogP contribution in [0.4, 0.5) is 0 Å². The lowest BCUT2D eigenvalue weighted by molar-refractivity contribution is 0.153. The van der Waals surface area contributed by atoms with Gasteiger partial charge in [-0.15, -0.1) is 0 Å². The van der Waals surface area contributed by atoms with Gasteiger partial charge in [-0.2, -0.15) is 0 Å². The van der Waals surface area contributed by atoms with Gasteiger partial charge in [0, 0.05) is 0 Å². The van der Waals surface area contributed by atoms with Gasteiger partial charge in [0.15, 0.2) is 0 Å². The summed E-state index contributed by atoms with van der Waals surface area (Å²) in [6.07, 6.45) is 7.89. The molecule has 1 fully saturated rings. The second kappa shape index (κ2) is 5.88. The Balaban J connectivity index is 2.05. The molecule has 1 aromatic carbocycles. The van der Waals surface area contributed by atoms with Gasteiger partial charge in [0.1, 0.15) is 0 Å². The third kappa shape index (κ3) is 3.14. The Kier molecular flexibility index (Phi) is 4.45. The highest BCUT2D eigenvalue weighted by atomic mass is 14.6. The smallest absolute Gasteiger partial charge is 0.00173 e. The lowest BCUT2D eigenvalue weighted by atomic mass is 9.67. The zero-order valence-corrected chi connectivity index (χ0v) is 11.9. The molecule has 1 heteroatoms. The zero-order valence-electron chi connectivity index (χ0n) is 11.9. The molecule has 0 radical (unpaired) electrons. The third-order valence-corrected chi connectivity index (χ3v) is 4.84. The fourth-order valence-corrected chi connectivity index (χ4v) is 3.41. The molecule has 0 atom stereocenters. The zero-order chi connectivity index (χ0) is 13.0. The van der Waals surface area contributed by atoms with E-state index in [1.54, 1.807) is 0 Å². The van der Waals surface area contributed by atoms with Gasteiger partial charge in [-0.05, 0) is 62.5 Å². The molecule has 0 aliphatic heterocycles. The third-order valence-electron chi connectivity index (χ3n) is 4.84. The van der Waals surface area contributed by atoms with Crippen molar-refractivity contribution in [3.05, 3.63) is 35.4 Å². The van der Waals surface area contributed by atoms with Gasteiger partial charge in [-0.3, -0.25) is 0 Å².